The maximum Gasteiger partial charge on any atom is 0.303 e. The molecule has 0 aliphatic carbocycles. The van der Waals surface area contributed by atoms with Crippen LogP contribution in [0.1, 0.15) is 27.7 Å². The van der Waals surface area contributed by atoms with Crippen LogP contribution in [0.2, 0.25) is 0 Å². The fraction of sp³-hybridized carbons (Fsp3) is 0.417. The second-order valence-corrected chi connectivity index (χ2v) is 7.20. The zero-order valence-electron chi connectivity index (χ0n) is 19.8. The Balaban J connectivity index is 1.90. The Bertz CT molecular complexity index is 929. The van der Waals surface area contributed by atoms with E-state index in [1.165, 1.54) is 13.8 Å². The molecule has 1 fully saturated rings. The van der Waals surface area contributed by atoms with Crippen molar-refractivity contribution in [2.75, 3.05) is 6.61 Å². The van der Waals surface area contributed by atoms with Gasteiger partial charge in [0.1, 0.15) is 24.9 Å². The normalized spacial score (nSPS) is 28.0. The van der Waals surface area contributed by atoms with Crippen molar-refractivity contribution in [3.05, 3.63) is 71.8 Å². The first kappa shape index (κ1) is 21.1. The van der Waals surface area contributed by atoms with Gasteiger partial charge in [-0.15, -0.1) is 0 Å². The highest BCUT2D eigenvalue weighted by atomic mass is 16.7. The van der Waals surface area contributed by atoms with E-state index in [2.05, 4.69) is 0 Å². The summed E-state index contributed by atoms with van der Waals surface area (Å²) in [5.41, 5.74) is 1.04. The molecule has 32 heavy (non-hydrogen) atoms. The van der Waals surface area contributed by atoms with E-state index < -0.39 is 55.8 Å². The van der Waals surface area contributed by atoms with Crippen LogP contribution >= 0.6 is 0 Å². The van der Waals surface area contributed by atoms with Crippen molar-refractivity contribution in [2.45, 2.75) is 57.7 Å². The van der Waals surface area contributed by atoms with Crippen molar-refractivity contribution in [1.29, 1.82) is 0 Å². The van der Waals surface area contributed by atoms with E-state index >= 15 is 0 Å². The van der Waals surface area contributed by atoms with Crippen LogP contribution < -0.4 is 0 Å². The Hall–Kier alpha value is -2.78. The highest BCUT2D eigenvalue weighted by Gasteiger charge is 2.49. The molecule has 3 unspecified atom stereocenters. The third-order valence-corrected chi connectivity index (χ3v) is 4.68. The lowest BCUT2D eigenvalue weighted by atomic mass is 9.98. The molecule has 0 amide bonds. The van der Waals surface area contributed by atoms with Crippen LogP contribution in [0, 0.1) is 0 Å². The molecule has 1 N–H and O–H groups in total. The van der Waals surface area contributed by atoms with Gasteiger partial charge in [-0.05, 0) is 11.1 Å². The molecule has 1 aliphatic heterocycles. The number of carbonyl (C=O) groups is 2. The maximum atomic E-state index is 12.0. The average molecular weight is 446 g/mol. The lowest BCUT2D eigenvalue weighted by molar-refractivity contribution is -0.309. The van der Waals surface area contributed by atoms with Gasteiger partial charge in [0.2, 0.25) is 0 Å². The van der Waals surface area contributed by atoms with Crippen LogP contribution in [0.3, 0.4) is 0 Å². The first-order chi connectivity index (χ1) is 16.3. The number of ether oxygens (including phenoxy) is 5. The van der Waals surface area contributed by atoms with Crippen LogP contribution in [-0.4, -0.2) is 54.4 Å². The number of rotatable bonds is 9. The molecule has 7 atom stereocenters. The summed E-state index contributed by atoms with van der Waals surface area (Å²) in [5, 5.41) is 10.7. The monoisotopic (exact) mass is 446 g/mol. The summed E-state index contributed by atoms with van der Waals surface area (Å²) in [6.45, 7) is -0.348. The van der Waals surface area contributed by atoms with Crippen LogP contribution in [0.15, 0.2) is 60.7 Å². The molecule has 2 aromatic carbocycles. The maximum absolute atomic E-state index is 12.0. The predicted molar refractivity (Wildman–Crippen MR) is 113 cm³/mol. The van der Waals surface area contributed by atoms with Crippen molar-refractivity contribution in [2.24, 2.45) is 0 Å². The summed E-state index contributed by atoms with van der Waals surface area (Å²) >= 11 is 0. The van der Waals surface area contributed by atoms with Gasteiger partial charge < -0.3 is 28.8 Å². The number of aliphatic hydroxyl groups excluding tert-OH is 1. The zero-order valence-corrected chi connectivity index (χ0v) is 17.8. The first-order valence-electron chi connectivity index (χ1n) is 11.3. The molecule has 8 heteroatoms. The molecule has 8 nitrogen and oxygen atoms in total. The Kier molecular flexibility index (Phi) is 7.73. The minimum Gasteiger partial charge on any atom is -0.463 e. The van der Waals surface area contributed by atoms with Crippen molar-refractivity contribution >= 4 is 11.9 Å². The van der Waals surface area contributed by atoms with Crippen LogP contribution in [0.5, 0.6) is 0 Å². The second-order valence-electron chi connectivity index (χ2n) is 7.20. The Labute approximate surface area is 189 Å². The van der Waals surface area contributed by atoms with Gasteiger partial charge in [0.05, 0.1) is 15.9 Å². The smallest absolute Gasteiger partial charge is 0.303 e. The molecule has 2 aromatic rings. The highest BCUT2D eigenvalue weighted by molar-refractivity contribution is 5.66. The van der Waals surface area contributed by atoms with Gasteiger partial charge in [0.15, 0.2) is 12.4 Å². The Morgan fingerprint density at radius 1 is 0.875 bits per heavy atom. The number of esters is 2. The molecule has 0 bridgehead atoms. The Morgan fingerprint density at radius 3 is 1.91 bits per heavy atom. The largest absolute Gasteiger partial charge is 0.463 e. The molecule has 0 radical (unpaired) electrons. The molecule has 1 heterocycles. The number of hydrogen-bond donors (Lipinski definition) is 1. The molecule has 1 saturated heterocycles. The summed E-state index contributed by atoms with van der Waals surface area (Å²) in [5.74, 6) is -1.27. The van der Waals surface area contributed by atoms with Crippen LogP contribution in [0.25, 0.3) is 0 Å². The lowest BCUT2D eigenvalue weighted by Gasteiger charge is -2.43. The summed E-state index contributed by atoms with van der Waals surface area (Å²) in [4.78, 5) is 23.4. The minimum atomic E-state index is -1.62. The van der Waals surface area contributed by atoms with Gasteiger partial charge in [-0.1, -0.05) is 60.7 Å². The summed E-state index contributed by atoms with van der Waals surface area (Å²) in [6.07, 6.45) is -6.41. The molecule has 0 aromatic heterocycles. The fourth-order valence-electron chi connectivity index (χ4n) is 3.24. The van der Waals surface area contributed by atoms with Crippen molar-refractivity contribution in [3.8, 4) is 0 Å². The molecule has 172 valence electrons. The Morgan fingerprint density at radius 2 is 1.41 bits per heavy atom. The molecule has 0 saturated carbocycles. The number of benzene rings is 2. The molecule has 3 rings (SSSR count). The fourth-order valence-corrected chi connectivity index (χ4v) is 3.24. The second kappa shape index (κ2) is 11.7. The number of carbonyl (C=O) groups excluding carboxylic acids is 2. The van der Waals surface area contributed by atoms with Gasteiger partial charge in [-0.25, -0.2) is 0 Å². The van der Waals surface area contributed by atoms with Gasteiger partial charge in [0.25, 0.3) is 0 Å². The molecular weight excluding hydrogens is 416 g/mol. The van der Waals surface area contributed by atoms with Gasteiger partial charge in [0, 0.05) is 13.8 Å². The SMILES string of the molecule is [2H]C(O[C@H]1[C@H](OC(C)=O)[C@H](OC([2H])c2ccccc2)C(O)O[C@@H]1COC(C)=O)c1ccccc1. The summed E-state index contributed by atoms with van der Waals surface area (Å²) in [7, 11) is 0. The minimum absolute atomic E-state index is 0.313. The van der Waals surface area contributed by atoms with E-state index in [-0.39, 0.29) is 6.61 Å². The lowest BCUT2D eigenvalue weighted by Crippen LogP contribution is -2.61. The van der Waals surface area contributed by atoms with Gasteiger partial charge in [-0.3, -0.25) is 9.59 Å². The van der Waals surface area contributed by atoms with E-state index in [0.29, 0.717) is 11.1 Å². The molecular formula is C24H28O8. The van der Waals surface area contributed by atoms with Gasteiger partial charge in [-0.2, -0.15) is 0 Å². The highest BCUT2D eigenvalue weighted by Crippen LogP contribution is 2.29. The van der Waals surface area contributed by atoms with Crippen LogP contribution in [-0.2, 0) is 46.4 Å². The van der Waals surface area contributed by atoms with E-state index in [4.69, 9.17) is 26.4 Å². The third-order valence-electron chi connectivity index (χ3n) is 4.68. The van der Waals surface area contributed by atoms with E-state index in [9.17, 15) is 14.7 Å². The summed E-state index contributed by atoms with van der Waals surface area (Å²) in [6, 6.07) is 17.3. The first-order valence-corrected chi connectivity index (χ1v) is 10.2. The molecule has 0 spiro atoms. The summed E-state index contributed by atoms with van der Waals surface area (Å²) < 4.78 is 44.6. The van der Waals surface area contributed by atoms with Crippen molar-refractivity contribution in [1.82, 2.24) is 0 Å². The standard InChI is InChI=1S/C24H28O8/c1-16(25)28-15-20-21(29-13-18-9-5-3-6-10-18)22(31-17(2)26)23(24(27)32-20)30-14-19-11-7-4-8-12-19/h3-12,20-24,27H,13-15H2,1-2H3/t20-,21-,22+,23+,24?/m1/s1/i13D,14D/t13?,14?,20-,21-,22+,23+,24?. The van der Waals surface area contributed by atoms with E-state index in [0.717, 1.165) is 0 Å². The topological polar surface area (TPSA) is 101 Å². The number of aliphatic hydroxyl groups is 1. The third kappa shape index (κ3) is 6.86. The van der Waals surface area contributed by atoms with Crippen molar-refractivity contribution in [3.63, 3.8) is 0 Å². The molecule has 1 aliphatic rings. The van der Waals surface area contributed by atoms with E-state index in [1.807, 2.05) is 0 Å². The van der Waals surface area contributed by atoms with Crippen molar-refractivity contribution < 1.29 is 41.1 Å². The quantitative estimate of drug-likeness (QED) is 0.586. The number of hydrogen-bond acceptors (Lipinski definition) is 8. The predicted octanol–water partition coefficient (Wildman–Crippen LogP) is 2.37. The zero-order chi connectivity index (χ0) is 24.7. The van der Waals surface area contributed by atoms with Crippen LogP contribution in [0.4, 0.5) is 0 Å². The average Bonchev–Trinajstić information content (AvgIpc) is 2.82. The van der Waals surface area contributed by atoms with E-state index in [1.54, 1.807) is 60.7 Å². The van der Waals surface area contributed by atoms with Gasteiger partial charge >= 0.3 is 11.9 Å².